The van der Waals surface area contributed by atoms with E-state index in [1.54, 1.807) is 6.92 Å². The van der Waals surface area contributed by atoms with Crippen molar-refractivity contribution in [2.45, 2.75) is 45.2 Å². The number of amides is 2. The normalized spacial score (nSPS) is 15.7. The highest BCUT2D eigenvalue weighted by Crippen LogP contribution is 2.24. The maximum Gasteiger partial charge on any atom is 0.323 e. The molecule has 6 heteroatoms. The second-order valence-electron chi connectivity index (χ2n) is 6.29. The average molecular weight is 332 g/mol. The van der Waals surface area contributed by atoms with Crippen molar-refractivity contribution in [2.75, 3.05) is 6.54 Å². The molecule has 130 valence electrons. The Balaban J connectivity index is 1.99. The van der Waals surface area contributed by atoms with Gasteiger partial charge in [-0.3, -0.25) is 14.4 Å². The number of aliphatic carboxylic acids is 1. The minimum Gasteiger partial charge on any atom is -0.480 e. The molecule has 1 aromatic rings. The summed E-state index contributed by atoms with van der Waals surface area (Å²) in [5.74, 6) is -1.59. The van der Waals surface area contributed by atoms with Crippen LogP contribution in [-0.4, -0.2) is 40.4 Å². The minimum atomic E-state index is -1.08. The lowest BCUT2D eigenvalue weighted by Crippen LogP contribution is -2.49. The second-order valence-corrected chi connectivity index (χ2v) is 6.29. The lowest BCUT2D eigenvalue weighted by Gasteiger charge is -2.25. The SMILES string of the molecule is CC(NC(=O)C1CCCC1)C(=O)N(CC(=O)O)Cc1ccccc1. The standard InChI is InChI=1S/C18H24N2O4/c1-13(19-17(23)15-9-5-6-10-15)18(24)20(12-16(21)22)11-14-7-3-2-4-8-14/h2-4,7-8,13,15H,5-6,9-12H2,1H3,(H,19,23)(H,21,22). The molecule has 1 unspecified atom stereocenters. The maximum atomic E-state index is 12.6. The van der Waals surface area contributed by atoms with Crippen LogP contribution >= 0.6 is 0 Å². The lowest BCUT2D eigenvalue weighted by molar-refractivity contribution is -0.146. The fraction of sp³-hybridized carbons (Fsp3) is 0.500. The molecule has 1 aromatic carbocycles. The molecule has 0 heterocycles. The molecular weight excluding hydrogens is 308 g/mol. The zero-order chi connectivity index (χ0) is 17.5. The molecule has 0 spiro atoms. The van der Waals surface area contributed by atoms with Crippen molar-refractivity contribution in [1.29, 1.82) is 0 Å². The third-order valence-electron chi connectivity index (χ3n) is 4.31. The Morgan fingerprint density at radius 2 is 1.83 bits per heavy atom. The molecule has 2 N–H and O–H groups in total. The fourth-order valence-electron chi connectivity index (χ4n) is 3.03. The summed E-state index contributed by atoms with van der Waals surface area (Å²) in [6, 6.07) is 8.47. The van der Waals surface area contributed by atoms with E-state index in [4.69, 9.17) is 5.11 Å². The number of nitrogens with zero attached hydrogens (tertiary/aromatic N) is 1. The van der Waals surface area contributed by atoms with E-state index in [2.05, 4.69) is 5.32 Å². The van der Waals surface area contributed by atoms with Crippen LogP contribution in [0.15, 0.2) is 30.3 Å². The van der Waals surface area contributed by atoms with Gasteiger partial charge in [-0.2, -0.15) is 0 Å². The van der Waals surface area contributed by atoms with E-state index in [9.17, 15) is 14.4 Å². The highest BCUT2D eigenvalue weighted by Gasteiger charge is 2.28. The number of carbonyl (C=O) groups is 3. The highest BCUT2D eigenvalue weighted by molar-refractivity contribution is 5.89. The number of benzene rings is 1. The first-order valence-electron chi connectivity index (χ1n) is 8.32. The Morgan fingerprint density at radius 3 is 2.42 bits per heavy atom. The van der Waals surface area contributed by atoms with Crippen LogP contribution in [0.2, 0.25) is 0 Å². The van der Waals surface area contributed by atoms with Crippen LogP contribution in [-0.2, 0) is 20.9 Å². The van der Waals surface area contributed by atoms with Crippen LogP contribution in [0.5, 0.6) is 0 Å². The third-order valence-corrected chi connectivity index (χ3v) is 4.31. The molecule has 1 fully saturated rings. The number of carboxylic acids is 1. The van der Waals surface area contributed by atoms with E-state index in [1.807, 2.05) is 30.3 Å². The number of carbonyl (C=O) groups excluding carboxylic acids is 2. The summed E-state index contributed by atoms with van der Waals surface area (Å²) in [4.78, 5) is 37.1. The van der Waals surface area contributed by atoms with Crippen LogP contribution < -0.4 is 5.32 Å². The van der Waals surface area contributed by atoms with Gasteiger partial charge in [0.2, 0.25) is 11.8 Å². The Kier molecular flexibility index (Phi) is 6.35. The van der Waals surface area contributed by atoms with E-state index in [-0.39, 0.29) is 24.3 Å². The molecule has 0 aromatic heterocycles. The summed E-state index contributed by atoms with van der Waals surface area (Å²) in [7, 11) is 0. The molecule has 2 rings (SSSR count). The number of rotatable bonds is 7. The van der Waals surface area contributed by atoms with Crippen molar-refractivity contribution in [3.05, 3.63) is 35.9 Å². The molecule has 1 aliphatic carbocycles. The Bertz CT molecular complexity index is 582. The van der Waals surface area contributed by atoms with Crippen LogP contribution in [0.4, 0.5) is 0 Å². The van der Waals surface area contributed by atoms with Gasteiger partial charge in [-0.05, 0) is 25.3 Å². The molecule has 1 saturated carbocycles. The molecule has 0 aliphatic heterocycles. The first kappa shape index (κ1) is 18.0. The van der Waals surface area contributed by atoms with E-state index in [0.29, 0.717) is 0 Å². The van der Waals surface area contributed by atoms with E-state index < -0.39 is 18.6 Å². The van der Waals surface area contributed by atoms with Crippen molar-refractivity contribution in [2.24, 2.45) is 5.92 Å². The van der Waals surface area contributed by atoms with Gasteiger partial charge in [0.25, 0.3) is 0 Å². The summed E-state index contributed by atoms with van der Waals surface area (Å²) in [5, 5.41) is 11.8. The number of carboxylic acid groups (broad SMARTS) is 1. The van der Waals surface area contributed by atoms with Gasteiger partial charge < -0.3 is 15.3 Å². The Labute approximate surface area is 141 Å². The van der Waals surface area contributed by atoms with E-state index in [0.717, 1.165) is 31.2 Å². The monoisotopic (exact) mass is 332 g/mol. The van der Waals surface area contributed by atoms with Gasteiger partial charge in [0, 0.05) is 12.5 Å². The average Bonchev–Trinajstić information content (AvgIpc) is 3.08. The van der Waals surface area contributed by atoms with Crippen molar-refractivity contribution in [1.82, 2.24) is 10.2 Å². The minimum absolute atomic E-state index is 0.0257. The van der Waals surface area contributed by atoms with E-state index in [1.165, 1.54) is 4.90 Å². The molecule has 2 amide bonds. The fourth-order valence-corrected chi connectivity index (χ4v) is 3.03. The van der Waals surface area contributed by atoms with Gasteiger partial charge in [-0.15, -0.1) is 0 Å². The molecule has 0 saturated heterocycles. The van der Waals surface area contributed by atoms with Gasteiger partial charge in [0.15, 0.2) is 0 Å². The van der Waals surface area contributed by atoms with Crippen molar-refractivity contribution >= 4 is 17.8 Å². The summed E-state index contributed by atoms with van der Waals surface area (Å²) < 4.78 is 0. The van der Waals surface area contributed by atoms with Crippen LogP contribution in [0.1, 0.15) is 38.2 Å². The zero-order valence-corrected chi connectivity index (χ0v) is 13.9. The van der Waals surface area contributed by atoms with Gasteiger partial charge in [0.1, 0.15) is 12.6 Å². The quantitative estimate of drug-likeness (QED) is 0.797. The molecular formula is C18H24N2O4. The Morgan fingerprint density at radius 1 is 1.21 bits per heavy atom. The summed E-state index contributed by atoms with van der Waals surface area (Å²) in [6.07, 6.45) is 3.80. The van der Waals surface area contributed by atoms with Gasteiger partial charge in [-0.25, -0.2) is 0 Å². The molecule has 0 bridgehead atoms. The summed E-state index contributed by atoms with van der Waals surface area (Å²) in [5.41, 5.74) is 0.849. The maximum absolute atomic E-state index is 12.6. The predicted octanol–water partition coefficient (Wildman–Crippen LogP) is 1.79. The van der Waals surface area contributed by atoms with Crippen LogP contribution in [0.3, 0.4) is 0 Å². The summed E-state index contributed by atoms with van der Waals surface area (Å²) >= 11 is 0. The summed E-state index contributed by atoms with van der Waals surface area (Å²) in [6.45, 7) is 1.42. The van der Waals surface area contributed by atoms with Gasteiger partial charge in [0.05, 0.1) is 0 Å². The van der Waals surface area contributed by atoms with Gasteiger partial charge in [-0.1, -0.05) is 43.2 Å². The van der Waals surface area contributed by atoms with Gasteiger partial charge >= 0.3 is 5.97 Å². The zero-order valence-electron chi connectivity index (χ0n) is 13.9. The topological polar surface area (TPSA) is 86.7 Å². The van der Waals surface area contributed by atoms with Crippen LogP contribution in [0.25, 0.3) is 0 Å². The second kappa shape index (κ2) is 8.47. The predicted molar refractivity (Wildman–Crippen MR) is 89.1 cm³/mol. The number of hydrogen-bond donors (Lipinski definition) is 2. The largest absolute Gasteiger partial charge is 0.480 e. The Hall–Kier alpha value is -2.37. The number of nitrogens with one attached hydrogen (secondary N) is 1. The number of hydrogen-bond acceptors (Lipinski definition) is 3. The first-order chi connectivity index (χ1) is 11.5. The van der Waals surface area contributed by atoms with Crippen LogP contribution in [0, 0.1) is 5.92 Å². The third kappa shape index (κ3) is 5.08. The van der Waals surface area contributed by atoms with Crippen molar-refractivity contribution in [3.63, 3.8) is 0 Å². The lowest BCUT2D eigenvalue weighted by atomic mass is 10.1. The first-order valence-corrected chi connectivity index (χ1v) is 8.32. The molecule has 1 atom stereocenters. The highest BCUT2D eigenvalue weighted by atomic mass is 16.4. The van der Waals surface area contributed by atoms with Crippen molar-refractivity contribution < 1.29 is 19.5 Å². The van der Waals surface area contributed by atoms with Crippen molar-refractivity contribution in [3.8, 4) is 0 Å². The molecule has 1 aliphatic rings. The molecule has 6 nitrogen and oxygen atoms in total. The smallest absolute Gasteiger partial charge is 0.323 e. The van der Waals surface area contributed by atoms with E-state index >= 15 is 0 Å². The molecule has 0 radical (unpaired) electrons. The molecule has 24 heavy (non-hydrogen) atoms.